The van der Waals surface area contributed by atoms with Crippen LogP contribution in [0.15, 0.2) is 12.2 Å². The van der Waals surface area contributed by atoms with Crippen LogP contribution in [0.4, 0.5) is 0 Å². The van der Waals surface area contributed by atoms with E-state index in [4.69, 9.17) is 0 Å². The van der Waals surface area contributed by atoms with Gasteiger partial charge in [-0.25, -0.2) is 0 Å². The molecule has 14 heavy (non-hydrogen) atoms. The van der Waals surface area contributed by atoms with Crippen LogP contribution in [-0.4, -0.2) is 0 Å². The van der Waals surface area contributed by atoms with Gasteiger partial charge in [-0.3, -0.25) is 0 Å². The van der Waals surface area contributed by atoms with Crippen molar-refractivity contribution in [2.45, 2.75) is 53.4 Å². The highest BCUT2D eigenvalue weighted by Gasteiger charge is 2.13. The molecule has 1 fully saturated rings. The second-order valence-corrected chi connectivity index (χ2v) is 4.26. The van der Waals surface area contributed by atoms with Crippen LogP contribution in [0.2, 0.25) is 0 Å². The molecule has 0 amide bonds. The van der Waals surface area contributed by atoms with Crippen molar-refractivity contribution >= 4 is 0 Å². The molecule has 0 nitrogen and oxygen atoms in total. The fourth-order valence-electron chi connectivity index (χ4n) is 1.59. The molecule has 0 N–H and O–H groups in total. The van der Waals surface area contributed by atoms with Gasteiger partial charge in [0.25, 0.3) is 0 Å². The van der Waals surface area contributed by atoms with Crippen LogP contribution >= 0.6 is 0 Å². The minimum absolute atomic E-state index is 1.02. The number of rotatable bonds is 0. The number of allylic oxidation sites excluding steroid dienone is 2. The van der Waals surface area contributed by atoms with Crippen molar-refractivity contribution in [3.8, 4) is 11.8 Å². The summed E-state index contributed by atoms with van der Waals surface area (Å²) in [5, 5.41) is 0. The van der Waals surface area contributed by atoms with Crippen molar-refractivity contribution in [3.05, 3.63) is 12.2 Å². The lowest BCUT2D eigenvalue weighted by atomic mass is 9.84. The Morgan fingerprint density at radius 3 is 1.64 bits per heavy atom. The summed E-state index contributed by atoms with van der Waals surface area (Å²) in [4.78, 5) is 0. The van der Waals surface area contributed by atoms with E-state index in [-0.39, 0.29) is 0 Å². The fraction of sp³-hybridized carbons (Fsp3) is 0.714. The second-order valence-electron chi connectivity index (χ2n) is 4.26. The van der Waals surface area contributed by atoms with E-state index in [0.29, 0.717) is 0 Å². The minimum atomic E-state index is 1.02. The van der Waals surface area contributed by atoms with Gasteiger partial charge >= 0.3 is 0 Å². The molecule has 0 unspecified atom stereocenters. The average Bonchev–Trinajstić information content (AvgIpc) is 2.20. The van der Waals surface area contributed by atoms with E-state index >= 15 is 0 Å². The van der Waals surface area contributed by atoms with E-state index in [9.17, 15) is 0 Å². The smallest absolute Gasteiger partial charge is 0.00235 e. The molecule has 0 aromatic heterocycles. The fourth-order valence-corrected chi connectivity index (χ4v) is 1.59. The third-order valence-electron chi connectivity index (χ3n) is 2.70. The average molecular weight is 192 g/mol. The van der Waals surface area contributed by atoms with E-state index < -0.39 is 0 Å². The van der Waals surface area contributed by atoms with Crippen molar-refractivity contribution in [2.75, 3.05) is 0 Å². The summed E-state index contributed by atoms with van der Waals surface area (Å²) in [6.45, 7) is 8.50. The van der Waals surface area contributed by atoms with Crippen LogP contribution in [0.3, 0.4) is 0 Å². The second kappa shape index (κ2) is 8.88. The molecular weight excluding hydrogens is 168 g/mol. The Hall–Kier alpha value is -0.700. The predicted molar refractivity (Wildman–Crippen MR) is 65.1 cm³/mol. The van der Waals surface area contributed by atoms with E-state index in [1.165, 1.54) is 25.7 Å². The highest BCUT2D eigenvalue weighted by Crippen LogP contribution is 2.27. The topological polar surface area (TPSA) is 0 Å². The first-order valence-electron chi connectivity index (χ1n) is 5.74. The maximum absolute atomic E-state index is 2.77. The molecule has 1 aliphatic carbocycles. The lowest BCUT2D eigenvalue weighted by Gasteiger charge is -2.22. The molecule has 80 valence electrons. The third kappa shape index (κ3) is 7.92. The van der Waals surface area contributed by atoms with E-state index in [2.05, 4.69) is 25.7 Å². The predicted octanol–water partition coefficient (Wildman–Crippen LogP) is 4.42. The Bertz CT molecular complexity index is 184. The van der Waals surface area contributed by atoms with E-state index in [1.54, 1.807) is 0 Å². The minimum Gasteiger partial charge on any atom is -0.102 e. The van der Waals surface area contributed by atoms with Crippen LogP contribution in [0.5, 0.6) is 0 Å². The van der Waals surface area contributed by atoms with Gasteiger partial charge in [0.15, 0.2) is 0 Å². The molecule has 1 aliphatic rings. The van der Waals surface area contributed by atoms with Gasteiger partial charge in [-0.05, 0) is 31.8 Å². The van der Waals surface area contributed by atoms with Crippen molar-refractivity contribution in [2.24, 2.45) is 11.8 Å². The zero-order valence-corrected chi connectivity index (χ0v) is 10.1. The summed E-state index contributed by atoms with van der Waals surface area (Å²) >= 11 is 0. The van der Waals surface area contributed by atoms with Gasteiger partial charge in [0.05, 0.1) is 0 Å². The van der Waals surface area contributed by atoms with Crippen LogP contribution < -0.4 is 0 Å². The number of hydrogen-bond donors (Lipinski definition) is 0. The lowest BCUT2D eigenvalue weighted by Crippen LogP contribution is -2.08. The monoisotopic (exact) mass is 192 g/mol. The van der Waals surface area contributed by atoms with Gasteiger partial charge in [0, 0.05) is 0 Å². The summed E-state index contributed by atoms with van der Waals surface area (Å²) in [5.41, 5.74) is 0. The molecule has 0 aromatic carbocycles. The van der Waals surface area contributed by atoms with Gasteiger partial charge < -0.3 is 0 Å². The Morgan fingerprint density at radius 1 is 1.00 bits per heavy atom. The van der Waals surface area contributed by atoms with Gasteiger partial charge in [-0.1, -0.05) is 51.5 Å². The normalized spacial score (nSPS) is 26.0. The largest absolute Gasteiger partial charge is 0.102 e. The first kappa shape index (κ1) is 13.3. The van der Waals surface area contributed by atoms with Crippen molar-refractivity contribution < 1.29 is 0 Å². The Kier molecular flexibility index (Phi) is 8.43. The van der Waals surface area contributed by atoms with Gasteiger partial charge in [-0.2, -0.15) is 0 Å². The van der Waals surface area contributed by atoms with E-state index in [0.717, 1.165) is 11.8 Å². The summed E-state index contributed by atoms with van der Waals surface area (Å²) in [5.74, 6) is 7.54. The molecule has 0 bridgehead atoms. The summed E-state index contributed by atoms with van der Waals surface area (Å²) in [6, 6.07) is 0. The quantitative estimate of drug-likeness (QED) is 0.498. The summed E-state index contributed by atoms with van der Waals surface area (Å²) < 4.78 is 0. The van der Waals surface area contributed by atoms with Gasteiger partial charge in [0.2, 0.25) is 0 Å². The van der Waals surface area contributed by atoms with Crippen molar-refractivity contribution in [1.29, 1.82) is 0 Å². The Labute approximate surface area is 89.8 Å². The molecule has 1 rings (SSSR count). The van der Waals surface area contributed by atoms with Crippen LogP contribution in [-0.2, 0) is 0 Å². The molecule has 0 saturated heterocycles. The van der Waals surface area contributed by atoms with Crippen molar-refractivity contribution in [3.63, 3.8) is 0 Å². The highest BCUT2D eigenvalue weighted by molar-refractivity contribution is 5.12. The standard InChI is InChI=1S/C8H16.C6H8/c1-7-3-5-8(2)6-4-7;1-3-5-6-4-2/h7-8H,3-6H2,1-2H3;3,5H,1-2H3/b;5-3+. The van der Waals surface area contributed by atoms with E-state index in [1.807, 2.05) is 26.0 Å². The lowest BCUT2D eigenvalue weighted by molar-refractivity contribution is 0.308. The zero-order chi connectivity index (χ0) is 10.8. The molecule has 0 spiro atoms. The third-order valence-corrected chi connectivity index (χ3v) is 2.70. The maximum Gasteiger partial charge on any atom is -0.00235 e. The summed E-state index contributed by atoms with van der Waals surface area (Å²) in [6.07, 6.45) is 9.63. The van der Waals surface area contributed by atoms with Crippen LogP contribution in [0.1, 0.15) is 53.4 Å². The van der Waals surface area contributed by atoms with Crippen LogP contribution in [0, 0.1) is 23.7 Å². The molecule has 1 saturated carbocycles. The number of hydrogen-bond acceptors (Lipinski definition) is 0. The Morgan fingerprint density at radius 2 is 1.43 bits per heavy atom. The molecule has 0 atom stereocenters. The maximum atomic E-state index is 2.77. The van der Waals surface area contributed by atoms with Gasteiger partial charge in [0.1, 0.15) is 0 Å². The highest BCUT2D eigenvalue weighted by atomic mass is 14.2. The molecule has 0 radical (unpaired) electrons. The first-order chi connectivity index (χ1) is 6.70. The van der Waals surface area contributed by atoms with Gasteiger partial charge in [-0.15, -0.1) is 5.92 Å². The first-order valence-corrected chi connectivity index (χ1v) is 5.74. The zero-order valence-electron chi connectivity index (χ0n) is 10.1. The molecule has 0 heterocycles. The molecular formula is C14H24. The Balaban J connectivity index is 0.000000255. The van der Waals surface area contributed by atoms with Crippen molar-refractivity contribution in [1.82, 2.24) is 0 Å². The SMILES string of the molecule is CC#C/C=C/C.CC1CCC(C)CC1. The molecule has 0 aliphatic heterocycles. The molecule has 0 heteroatoms. The molecule has 0 aromatic rings. The van der Waals surface area contributed by atoms with Crippen LogP contribution in [0.25, 0.3) is 0 Å². The summed E-state index contributed by atoms with van der Waals surface area (Å²) in [7, 11) is 0.